The number of anilines is 1. The smallest absolute Gasteiger partial charge is 0.137 e. The van der Waals surface area contributed by atoms with Crippen LogP contribution in [0.15, 0.2) is 48.8 Å². The lowest BCUT2D eigenvalue weighted by atomic mass is 9.73. The second-order valence-corrected chi connectivity index (χ2v) is 6.96. The number of benzene rings is 2. The normalized spacial score (nSPS) is 20.6. The third-order valence-corrected chi connectivity index (χ3v) is 5.37. The lowest BCUT2D eigenvalue weighted by molar-refractivity contribution is -0.0309. The number of ether oxygens (including phenoxy) is 1. The van der Waals surface area contributed by atoms with E-state index in [0.717, 1.165) is 36.1 Å². The van der Waals surface area contributed by atoms with Gasteiger partial charge in [-0.05, 0) is 43.5 Å². The second kappa shape index (κ2) is 5.41. The van der Waals surface area contributed by atoms with Gasteiger partial charge in [0.2, 0.25) is 0 Å². The van der Waals surface area contributed by atoms with Gasteiger partial charge in [0.1, 0.15) is 29.3 Å². The van der Waals surface area contributed by atoms with Crippen molar-refractivity contribution in [3.63, 3.8) is 0 Å². The van der Waals surface area contributed by atoms with Gasteiger partial charge < -0.3 is 10.1 Å². The van der Waals surface area contributed by atoms with Gasteiger partial charge in [-0.25, -0.2) is 14.4 Å². The van der Waals surface area contributed by atoms with Crippen molar-refractivity contribution in [3.05, 3.63) is 60.2 Å². The number of nitrogens with one attached hydrogen (secondary N) is 1. The molecule has 1 saturated carbocycles. The summed E-state index contributed by atoms with van der Waals surface area (Å²) in [6.45, 7) is 0. The van der Waals surface area contributed by atoms with Gasteiger partial charge in [0.25, 0.3) is 0 Å². The van der Waals surface area contributed by atoms with E-state index in [4.69, 9.17) is 4.74 Å². The number of halogens is 1. The molecule has 1 fully saturated rings. The summed E-state index contributed by atoms with van der Waals surface area (Å²) in [6, 6.07) is 12.8. The van der Waals surface area contributed by atoms with E-state index in [9.17, 15) is 4.39 Å². The number of nitrogens with zero attached hydrogens (tertiary/aromatic N) is 2. The van der Waals surface area contributed by atoms with Gasteiger partial charge in [-0.2, -0.15) is 0 Å². The molecule has 1 atom stereocenters. The summed E-state index contributed by atoms with van der Waals surface area (Å²) >= 11 is 0. The van der Waals surface area contributed by atoms with Crippen molar-refractivity contribution in [3.8, 4) is 5.75 Å². The molecule has 1 spiro atoms. The van der Waals surface area contributed by atoms with Crippen LogP contribution in [-0.4, -0.2) is 15.6 Å². The fraction of sp³-hybridized carbons (Fsp3) is 0.300. The predicted octanol–water partition coefficient (Wildman–Crippen LogP) is 4.63. The number of hydrogen-bond acceptors (Lipinski definition) is 4. The van der Waals surface area contributed by atoms with E-state index >= 15 is 0 Å². The van der Waals surface area contributed by atoms with Crippen LogP contribution in [0, 0.1) is 5.82 Å². The maximum absolute atomic E-state index is 13.7. The fourth-order valence-corrected chi connectivity index (χ4v) is 3.93. The van der Waals surface area contributed by atoms with Gasteiger partial charge in [-0.3, -0.25) is 0 Å². The van der Waals surface area contributed by atoms with Crippen LogP contribution in [0.4, 0.5) is 10.2 Å². The van der Waals surface area contributed by atoms with Crippen molar-refractivity contribution in [2.24, 2.45) is 0 Å². The molecule has 5 rings (SSSR count). The molecule has 2 heterocycles. The van der Waals surface area contributed by atoms with E-state index in [1.807, 2.05) is 18.2 Å². The molecular formula is C20H18FN3O. The molecule has 1 unspecified atom stereocenters. The van der Waals surface area contributed by atoms with Crippen LogP contribution in [0.25, 0.3) is 10.9 Å². The Hall–Kier alpha value is -2.69. The first-order valence-corrected chi connectivity index (χ1v) is 8.67. The van der Waals surface area contributed by atoms with Gasteiger partial charge in [-0.1, -0.05) is 18.2 Å². The van der Waals surface area contributed by atoms with Gasteiger partial charge in [0.05, 0.1) is 11.6 Å². The lowest BCUT2D eigenvalue weighted by Crippen LogP contribution is -2.48. The number of fused-ring (bicyclic) bond motifs is 2. The van der Waals surface area contributed by atoms with E-state index < -0.39 is 0 Å². The topological polar surface area (TPSA) is 47.0 Å². The predicted molar refractivity (Wildman–Crippen MR) is 94.1 cm³/mol. The number of para-hydroxylation sites is 1. The average molecular weight is 335 g/mol. The molecule has 5 heteroatoms. The maximum atomic E-state index is 13.7. The van der Waals surface area contributed by atoms with Crippen molar-refractivity contribution in [1.82, 2.24) is 9.97 Å². The molecule has 3 aromatic rings. The summed E-state index contributed by atoms with van der Waals surface area (Å²) in [7, 11) is 0. The van der Waals surface area contributed by atoms with E-state index in [2.05, 4.69) is 21.4 Å². The third-order valence-electron chi connectivity index (χ3n) is 5.37. The Balaban J connectivity index is 1.56. The zero-order valence-corrected chi connectivity index (χ0v) is 13.7. The third kappa shape index (κ3) is 2.42. The van der Waals surface area contributed by atoms with Gasteiger partial charge in [-0.15, -0.1) is 0 Å². The van der Waals surface area contributed by atoms with E-state index in [1.165, 1.54) is 24.9 Å². The van der Waals surface area contributed by atoms with Crippen LogP contribution < -0.4 is 10.1 Å². The van der Waals surface area contributed by atoms with Crippen molar-refractivity contribution in [1.29, 1.82) is 0 Å². The van der Waals surface area contributed by atoms with Crippen LogP contribution in [0.1, 0.15) is 37.3 Å². The molecule has 0 radical (unpaired) electrons. The molecule has 1 aliphatic carbocycles. The lowest BCUT2D eigenvalue weighted by Gasteiger charge is -2.48. The average Bonchev–Trinajstić information content (AvgIpc) is 2.61. The molecule has 0 bridgehead atoms. The Bertz CT molecular complexity index is 955. The number of rotatable bonds is 2. The van der Waals surface area contributed by atoms with Crippen molar-refractivity contribution in [2.75, 3.05) is 5.32 Å². The maximum Gasteiger partial charge on any atom is 0.137 e. The van der Waals surface area contributed by atoms with E-state index in [1.54, 1.807) is 6.07 Å². The molecule has 2 aliphatic rings. The van der Waals surface area contributed by atoms with Crippen molar-refractivity contribution < 1.29 is 9.13 Å². The first-order chi connectivity index (χ1) is 12.2. The van der Waals surface area contributed by atoms with Crippen molar-refractivity contribution in [2.45, 2.75) is 37.3 Å². The van der Waals surface area contributed by atoms with E-state index in [-0.39, 0.29) is 17.5 Å². The van der Waals surface area contributed by atoms with Crippen molar-refractivity contribution >= 4 is 16.7 Å². The molecule has 25 heavy (non-hydrogen) atoms. The summed E-state index contributed by atoms with van der Waals surface area (Å²) in [5.74, 6) is 1.32. The molecule has 2 aromatic carbocycles. The molecule has 0 amide bonds. The van der Waals surface area contributed by atoms with Crippen LogP contribution in [0.5, 0.6) is 5.75 Å². The molecule has 0 saturated heterocycles. The highest BCUT2D eigenvalue weighted by atomic mass is 19.1. The standard InChI is InChI=1S/C20H18FN3O/c21-13-6-7-16-15(10-13)19(23-12-22-16)24-17-11-20(8-3-9-20)25-18-5-2-1-4-14(17)18/h1-2,4-7,10,12,17H,3,8-9,11H2,(H,22,23,24). The fourth-order valence-electron chi connectivity index (χ4n) is 3.93. The molecule has 1 aromatic heterocycles. The minimum Gasteiger partial charge on any atom is -0.487 e. The molecule has 4 nitrogen and oxygen atoms in total. The monoisotopic (exact) mass is 335 g/mol. The molecule has 126 valence electrons. The van der Waals surface area contributed by atoms with Crippen LogP contribution >= 0.6 is 0 Å². The number of hydrogen-bond donors (Lipinski definition) is 1. The van der Waals surface area contributed by atoms with Gasteiger partial charge in [0, 0.05) is 17.4 Å². The van der Waals surface area contributed by atoms with Gasteiger partial charge >= 0.3 is 0 Å². The summed E-state index contributed by atoms with van der Waals surface area (Å²) < 4.78 is 20.0. The molecular weight excluding hydrogens is 317 g/mol. The molecule has 1 aliphatic heterocycles. The Morgan fingerprint density at radius 3 is 2.84 bits per heavy atom. The Morgan fingerprint density at radius 2 is 2.00 bits per heavy atom. The zero-order valence-electron chi connectivity index (χ0n) is 13.7. The first-order valence-electron chi connectivity index (χ1n) is 8.67. The molecule has 1 N–H and O–H groups in total. The summed E-state index contributed by atoms with van der Waals surface area (Å²) in [5, 5.41) is 4.24. The van der Waals surface area contributed by atoms with Crippen LogP contribution in [0.2, 0.25) is 0 Å². The SMILES string of the molecule is Fc1ccc2ncnc(NC3CC4(CCC4)Oc4ccccc43)c2c1. The second-order valence-electron chi connectivity index (χ2n) is 6.96. The summed E-state index contributed by atoms with van der Waals surface area (Å²) in [5.41, 5.74) is 1.79. The highest BCUT2D eigenvalue weighted by Gasteiger charge is 2.45. The largest absolute Gasteiger partial charge is 0.487 e. The number of aromatic nitrogens is 2. The highest BCUT2D eigenvalue weighted by Crippen LogP contribution is 2.49. The minimum absolute atomic E-state index is 0.0693. The first kappa shape index (κ1) is 14.6. The van der Waals surface area contributed by atoms with Crippen LogP contribution in [-0.2, 0) is 0 Å². The Morgan fingerprint density at radius 1 is 1.12 bits per heavy atom. The Labute approximate surface area is 145 Å². The summed E-state index contributed by atoms with van der Waals surface area (Å²) in [6.07, 6.45) is 5.78. The minimum atomic E-state index is -0.284. The summed E-state index contributed by atoms with van der Waals surface area (Å²) in [4.78, 5) is 8.61. The van der Waals surface area contributed by atoms with Gasteiger partial charge in [0.15, 0.2) is 0 Å². The van der Waals surface area contributed by atoms with E-state index in [0.29, 0.717) is 11.2 Å². The Kier molecular flexibility index (Phi) is 3.17. The zero-order chi connectivity index (χ0) is 16.9. The highest BCUT2D eigenvalue weighted by molar-refractivity contribution is 5.89. The quantitative estimate of drug-likeness (QED) is 0.742. The van der Waals surface area contributed by atoms with Crippen LogP contribution in [0.3, 0.4) is 0 Å².